The van der Waals surface area contributed by atoms with Crippen LogP contribution in [0.15, 0.2) is 0 Å². The van der Waals surface area contributed by atoms with Crippen molar-refractivity contribution < 1.29 is 8.42 Å². The Hall–Kier alpha value is 0.180. The lowest BCUT2D eigenvalue weighted by Crippen LogP contribution is -2.41. The monoisotopic (exact) mass is 283 g/mol. The lowest BCUT2D eigenvalue weighted by molar-refractivity contribution is 0.446. The molecule has 0 aliphatic rings. The Morgan fingerprint density at radius 3 is 2.59 bits per heavy atom. The second-order valence-corrected chi connectivity index (χ2v) is 7.07. The molecule has 0 aliphatic heterocycles. The van der Waals surface area contributed by atoms with Gasteiger partial charge in [-0.25, -0.2) is 4.72 Å². The molecule has 5 nitrogen and oxygen atoms in total. The van der Waals surface area contributed by atoms with Gasteiger partial charge in [-0.2, -0.15) is 24.5 Å². The molecule has 104 valence electrons. The Morgan fingerprint density at radius 2 is 2.06 bits per heavy atom. The number of hydrogen-bond donors (Lipinski definition) is 2. The topological polar surface area (TPSA) is 61.4 Å². The van der Waals surface area contributed by atoms with E-state index < -0.39 is 10.2 Å². The summed E-state index contributed by atoms with van der Waals surface area (Å²) in [5, 5.41) is 3.46. The highest BCUT2D eigenvalue weighted by Gasteiger charge is 2.17. The largest absolute Gasteiger partial charge is 0.317 e. The summed E-state index contributed by atoms with van der Waals surface area (Å²) < 4.78 is 27.6. The second-order valence-electron chi connectivity index (χ2n) is 3.93. The molecule has 7 heteroatoms. The first kappa shape index (κ1) is 17.2. The Morgan fingerprint density at radius 1 is 1.41 bits per heavy atom. The molecule has 1 atom stereocenters. The summed E-state index contributed by atoms with van der Waals surface area (Å²) in [5.74, 6) is 0. The van der Waals surface area contributed by atoms with E-state index in [1.165, 1.54) is 4.31 Å². The normalized spacial score (nSPS) is 14.2. The van der Waals surface area contributed by atoms with Gasteiger partial charge in [0.1, 0.15) is 0 Å². The zero-order valence-corrected chi connectivity index (χ0v) is 12.8. The van der Waals surface area contributed by atoms with Crippen LogP contribution in [0.2, 0.25) is 0 Å². The van der Waals surface area contributed by atoms with Crippen molar-refractivity contribution in [1.82, 2.24) is 14.3 Å². The van der Waals surface area contributed by atoms with Gasteiger partial charge < -0.3 is 5.32 Å². The average molecular weight is 283 g/mol. The summed E-state index contributed by atoms with van der Waals surface area (Å²) in [6.07, 6.45) is 2.79. The quantitative estimate of drug-likeness (QED) is 0.573. The number of nitrogens with one attached hydrogen (secondary N) is 2. The minimum absolute atomic E-state index is 0.292. The molecule has 0 aliphatic carbocycles. The highest BCUT2D eigenvalue weighted by atomic mass is 32.2. The van der Waals surface area contributed by atoms with E-state index in [9.17, 15) is 8.42 Å². The van der Waals surface area contributed by atoms with Crippen molar-refractivity contribution in [2.45, 2.75) is 25.5 Å². The summed E-state index contributed by atoms with van der Waals surface area (Å²) in [6.45, 7) is 6.80. The van der Waals surface area contributed by atoms with E-state index in [2.05, 4.69) is 10.0 Å². The van der Waals surface area contributed by atoms with Gasteiger partial charge >= 0.3 is 0 Å². The zero-order valence-electron chi connectivity index (χ0n) is 11.2. The lowest BCUT2D eigenvalue weighted by atomic mass is 10.4. The first-order chi connectivity index (χ1) is 7.94. The Labute approximate surface area is 110 Å². The van der Waals surface area contributed by atoms with Crippen molar-refractivity contribution in [3.8, 4) is 0 Å². The molecule has 0 rings (SSSR count). The van der Waals surface area contributed by atoms with Gasteiger partial charge in [0, 0.05) is 25.4 Å². The third-order valence-corrected chi connectivity index (χ3v) is 4.95. The summed E-state index contributed by atoms with van der Waals surface area (Å²) in [7, 11) is -1.70. The van der Waals surface area contributed by atoms with Gasteiger partial charge in [0.05, 0.1) is 0 Å². The number of thioether (sulfide) groups is 1. The zero-order chi connectivity index (χ0) is 13.3. The van der Waals surface area contributed by atoms with Gasteiger partial charge in [-0.15, -0.1) is 0 Å². The molecular weight excluding hydrogens is 258 g/mol. The van der Waals surface area contributed by atoms with Crippen LogP contribution in [0, 0.1) is 0 Å². The highest BCUT2D eigenvalue weighted by molar-refractivity contribution is 7.99. The number of rotatable bonds is 10. The van der Waals surface area contributed by atoms with Gasteiger partial charge in [-0.3, -0.25) is 0 Å². The van der Waals surface area contributed by atoms with Crippen LogP contribution in [0.25, 0.3) is 0 Å². The molecule has 0 heterocycles. The molecule has 0 spiro atoms. The third kappa shape index (κ3) is 7.99. The van der Waals surface area contributed by atoms with E-state index in [-0.39, 0.29) is 0 Å². The molecule has 0 fully saturated rings. The summed E-state index contributed by atoms with van der Waals surface area (Å²) in [5.41, 5.74) is 0. The fourth-order valence-electron chi connectivity index (χ4n) is 1.14. The van der Waals surface area contributed by atoms with Crippen LogP contribution >= 0.6 is 11.8 Å². The Bertz CT molecular complexity index is 283. The molecular formula is C10H25N3O2S2. The van der Waals surface area contributed by atoms with E-state index in [1.807, 2.05) is 20.1 Å². The fourth-order valence-corrected chi connectivity index (χ4v) is 2.55. The molecule has 0 bridgehead atoms. The van der Waals surface area contributed by atoms with Crippen LogP contribution in [0.1, 0.15) is 20.3 Å². The first-order valence-electron chi connectivity index (χ1n) is 5.88. The van der Waals surface area contributed by atoms with Crippen molar-refractivity contribution >= 4 is 22.0 Å². The molecule has 0 saturated carbocycles. The highest BCUT2D eigenvalue weighted by Crippen LogP contribution is 2.04. The van der Waals surface area contributed by atoms with Crippen molar-refractivity contribution in [2.24, 2.45) is 0 Å². The van der Waals surface area contributed by atoms with E-state index in [0.29, 0.717) is 18.3 Å². The van der Waals surface area contributed by atoms with Gasteiger partial charge in [-0.1, -0.05) is 13.8 Å². The molecule has 0 saturated heterocycles. The molecule has 0 amide bonds. The third-order valence-electron chi connectivity index (χ3n) is 2.44. The maximum Gasteiger partial charge on any atom is 0.279 e. The predicted molar refractivity (Wildman–Crippen MR) is 75.7 cm³/mol. The lowest BCUT2D eigenvalue weighted by Gasteiger charge is -2.19. The van der Waals surface area contributed by atoms with Crippen LogP contribution in [-0.4, -0.2) is 57.5 Å². The summed E-state index contributed by atoms with van der Waals surface area (Å²) >= 11 is 1.65. The molecule has 2 N–H and O–H groups in total. The second kappa shape index (κ2) is 9.16. The van der Waals surface area contributed by atoms with Crippen LogP contribution in [0.4, 0.5) is 0 Å². The standard InChI is InChI=1S/C10H25N3O2S2/c1-5-11-7-6-8-13(3)17(14,15)12-9-10(2)16-4/h10-12H,5-9H2,1-4H3. The molecule has 0 aromatic rings. The maximum absolute atomic E-state index is 11.8. The van der Waals surface area contributed by atoms with Crippen LogP contribution in [-0.2, 0) is 10.2 Å². The van der Waals surface area contributed by atoms with Crippen molar-refractivity contribution in [1.29, 1.82) is 0 Å². The predicted octanol–water partition coefficient (Wildman–Crippen LogP) is 0.504. The maximum atomic E-state index is 11.8. The minimum Gasteiger partial charge on any atom is -0.317 e. The smallest absolute Gasteiger partial charge is 0.279 e. The molecule has 17 heavy (non-hydrogen) atoms. The molecule has 0 aromatic carbocycles. The summed E-state index contributed by atoms with van der Waals surface area (Å²) in [6, 6.07) is 0. The Balaban J connectivity index is 3.94. The SMILES string of the molecule is CCNCCCN(C)S(=O)(=O)NCC(C)SC. The van der Waals surface area contributed by atoms with E-state index in [4.69, 9.17) is 0 Å². The van der Waals surface area contributed by atoms with Crippen molar-refractivity contribution in [2.75, 3.05) is 39.5 Å². The molecule has 0 aromatic heterocycles. The average Bonchev–Trinajstić information content (AvgIpc) is 2.31. The van der Waals surface area contributed by atoms with Crippen LogP contribution in [0.3, 0.4) is 0 Å². The van der Waals surface area contributed by atoms with E-state index >= 15 is 0 Å². The Kier molecular flexibility index (Phi) is 9.25. The first-order valence-corrected chi connectivity index (χ1v) is 8.61. The minimum atomic E-state index is -3.31. The van der Waals surface area contributed by atoms with Crippen molar-refractivity contribution in [3.63, 3.8) is 0 Å². The van der Waals surface area contributed by atoms with E-state index in [1.54, 1.807) is 18.8 Å². The number of nitrogens with zero attached hydrogens (tertiary/aromatic N) is 1. The summed E-state index contributed by atoms with van der Waals surface area (Å²) in [4.78, 5) is 0. The van der Waals surface area contributed by atoms with Crippen LogP contribution < -0.4 is 10.0 Å². The van der Waals surface area contributed by atoms with Crippen LogP contribution in [0.5, 0.6) is 0 Å². The van der Waals surface area contributed by atoms with E-state index in [0.717, 1.165) is 19.5 Å². The fraction of sp³-hybridized carbons (Fsp3) is 1.00. The van der Waals surface area contributed by atoms with Gasteiger partial charge in [0.15, 0.2) is 0 Å². The van der Waals surface area contributed by atoms with Gasteiger partial charge in [0.25, 0.3) is 10.2 Å². The van der Waals surface area contributed by atoms with Gasteiger partial charge in [0.2, 0.25) is 0 Å². The number of hydrogen-bond acceptors (Lipinski definition) is 4. The van der Waals surface area contributed by atoms with Crippen molar-refractivity contribution in [3.05, 3.63) is 0 Å². The molecule has 1 unspecified atom stereocenters. The van der Waals surface area contributed by atoms with Gasteiger partial charge in [-0.05, 0) is 25.8 Å². The molecule has 0 radical (unpaired) electrons.